The lowest BCUT2D eigenvalue weighted by atomic mass is 9.47. The van der Waals surface area contributed by atoms with Crippen molar-refractivity contribution in [2.24, 2.45) is 28.6 Å². The average molecular weight is 600 g/mol. The molecule has 0 aliphatic heterocycles. The smallest absolute Gasteiger partial charge is 0.338 e. The topological polar surface area (TPSA) is 61.2 Å². The van der Waals surface area contributed by atoms with Crippen molar-refractivity contribution in [3.63, 3.8) is 0 Å². The molecule has 1 heterocycles. The Balaban J connectivity index is 1.14. The summed E-state index contributed by atoms with van der Waals surface area (Å²) in [6.07, 6.45) is 12.3. The van der Waals surface area contributed by atoms with E-state index in [-0.39, 0.29) is 22.9 Å². The molecule has 2 fully saturated rings. The fourth-order valence-electron chi connectivity index (χ4n) is 8.90. The Labute approximate surface area is 243 Å². The molecule has 0 saturated heterocycles. The van der Waals surface area contributed by atoms with Crippen molar-refractivity contribution in [3.8, 4) is 0 Å². The van der Waals surface area contributed by atoms with Gasteiger partial charge in [0.15, 0.2) is 0 Å². The highest BCUT2D eigenvalue weighted by atomic mass is 79.9. The zero-order chi connectivity index (χ0) is 27.6. The highest BCUT2D eigenvalue weighted by Gasteiger charge is 2.58. The van der Waals surface area contributed by atoms with Crippen molar-refractivity contribution in [2.45, 2.75) is 64.9 Å². The van der Waals surface area contributed by atoms with E-state index >= 15 is 0 Å². The maximum absolute atomic E-state index is 12.8. The standard InChI is InChI=1S/C34H35BrN2O3/c1-33-15-13-25(40-32(39)21-7-10-24(35)11-8-21)18-23(33)9-12-26-27(33)14-16-34(2)28(26)17-22(19-38)31(34)37-20-36-29-5-3-4-6-30(29)37/h3-11,19-20,25-28H,12-18H2,1-2H3/t25-,26+,27-,28-,33-,34-/m0/s1. The number of benzene rings is 2. The summed E-state index contributed by atoms with van der Waals surface area (Å²) in [7, 11) is 0. The number of ether oxygens (including phenoxy) is 1. The lowest BCUT2D eigenvalue weighted by molar-refractivity contribution is -0.105. The van der Waals surface area contributed by atoms with E-state index in [2.05, 4.69) is 51.5 Å². The summed E-state index contributed by atoms with van der Waals surface area (Å²) in [6, 6.07) is 15.6. The Morgan fingerprint density at radius 1 is 1.02 bits per heavy atom. The largest absolute Gasteiger partial charge is 0.458 e. The van der Waals surface area contributed by atoms with Gasteiger partial charge in [0.25, 0.3) is 0 Å². The van der Waals surface area contributed by atoms with Crippen LogP contribution in [0.1, 0.15) is 69.2 Å². The Hall–Kier alpha value is -2.99. The summed E-state index contributed by atoms with van der Waals surface area (Å²) < 4.78 is 9.16. The first-order valence-corrected chi connectivity index (χ1v) is 15.4. The van der Waals surface area contributed by atoms with Crippen molar-refractivity contribution >= 4 is 44.9 Å². The number of nitrogens with zero attached hydrogens (tertiary/aromatic N) is 2. The zero-order valence-electron chi connectivity index (χ0n) is 23.1. The molecule has 0 N–H and O–H groups in total. The third-order valence-corrected chi connectivity index (χ3v) is 11.5. The number of esters is 1. The molecule has 3 aromatic rings. The number of allylic oxidation sites excluding steroid dienone is 3. The quantitative estimate of drug-likeness (QED) is 0.173. The number of aromatic nitrogens is 2. The van der Waals surface area contributed by atoms with Gasteiger partial charge in [0, 0.05) is 27.6 Å². The molecule has 6 heteroatoms. The Morgan fingerprint density at radius 3 is 2.60 bits per heavy atom. The summed E-state index contributed by atoms with van der Waals surface area (Å²) in [5, 5.41) is 0. The lowest BCUT2D eigenvalue weighted by Gasteiger charge is -2.57. The number of halogens is 1. The van der Waals surface area contributed by atoms with Gasteiger partial charge in [-0.15, -0.1) is 0 Å². The second-order valence-corrected chi connectivity index (χ2v) is 13.7. The minimum absolute atomic E-state index is 0.0556. The molecular formula is C34H35BrN2O3. The first kappa shape index (κ1) is 25.9. The Kier molecular flexibility index (Phi) is 6.19. The highest BCUT2D eigenvalue weighted by molar-refractivity contribution is 9.10. The number of para-hydroxylation sites is 2. The molecule has 0 radical (unpaired) electrons. The predicted molar refractivity (Wildman–Crippen MR) is 159 cm³/mol. The Bertz CT molecular complexity index is 1570. The van der Waals surface area contributed by atoms with Gasteiger partial charge in [0.2, 0.25) is 0 Å². The van der Waals surface area contributed by atoms with E-state index in [1.807, 2.05) is 48.8 Å². The molecule has 2 saturated carbocycles. The highest BCUT2D eigenvalue weighted by Crippen LogP contribution is 2.66. The molecule has 0 unspecified atom stereocenters. The van der Waals surface area contributed by atoms with Crippen LogP contribution < -0.4 is 0 Å². The van der Waals surface area contributed by atoms with Gasteiger partial charge in [-0.1, -0.05) is 53.6 Å². The molecule has 0 bridgehead atoms. The van der Waals surface area contributed by atoms with E-state index in [1.165, 1.54) is 11.3 Å². The molecule has 2 aromatic carbocycles. The maximum atomic E-state index is 12.8. The number of carbonyl (C=O) groups is 2. The minimum Gasteiger partial charge on any atom is -0.458 e. The molecule has 40 heavy (non-hydrogen) atoms. The monoisotopic (exact) mass is 598 g/mol. The van der Waals surface area contributed by atoms with E-state index in [1.54, 1.807) is 0 Å². The zero-order valence-corrected chi connectivity index (χ0v) is 24.7. The fraction of sp³-hybridized carbons (Fsp3) is 0.441. The number of aldehydes is 1. The maximum Gasteiger partial charge on any atom is 0.338 e. The first-order valence-electron chi connectivity index (χ1n) is 14.6. The van der Waals surface area contributed by atoms with Gasteiger partial charge >= 0.3 is 5.97 Å². The van der Waals surface area contributed by atoms with Crippen LogP contribution in [0.2, 0.25) is 0 Å². The van der Waals surface area contributed by atoms with E-state index < -0.39 is 0 Å². The molecule has 1 aromatic heterocycles. The summed E-state index contributed by atoms with van der Waals surface area (Å²) in [5.41, 5.74) is 6.30. The number of rotatable bonds is 4. The normalized spacial score (nSPS) is 33.1. The second-order valence-electron chi connectivity index (χ2n) is 12.8. The van der Waals surface area contributed by atoms with Crippen LogP contribution in [0.4, 0.5) is 0 Å². The first-order chi connectivity index (χ1) is 19.3. The van der Waals surface area contributed by atoms with Crippen LogP contribution in [0.25, 0.3) is 16.7 Å². The van der Waals surface area contributed by atoms with E-state index in [9.17, 15) is 9.59 Å². The van der Waals surface area contributed by atoms with Crippen molar-refractivity contribution in [1.29, 1.82) is 0 Å². The molecule has 4 aliphatic carbocycles. The van der Waals surface area contributed by atoms with Gasteiger partial charge < -0.3 is 9.30 Å². The third-order valence-electron chi connectivity index (χ3n) is 10.9. The fourth-order valence-corrected chi connectivity index (χ4v) is 9.16. The summed E-state index contributed by atoms with van der Waals surface area (Å²) in [4.78, 5) is 30.0. The average Bonchev–Trinajstić information content (AvgIpc) is 3.51. The molecule has 6 atom stereocenters. The van der Waals surface area contributed by atoms with Gasteiger partial charge in [0.05, 0.1) is 16.6 Å². The number of imidazole rings is 1. The number of fused-ring (bicyclic) bond motifs is 6. The van der Waals surface area contributed by atoms with E-state index in [0.29, 0.717) is 23.3 Å². The van der Waals surface area contributed by atoms with Crippen molar-refractivity contribution in [1.82, 2.24) is 9.55 Å². The van der Waals surface area contributed by atoms with Gasteiger partial charge in [-0.3, -0.25) is 4.79 Å². The molecule has 4 aliphatic rings. The van der Waals surface area contributed by atoms with Gasteiger partial charge in [-0.2, -0.15) is 0 Å². The van der Waals surface area contributed by atoms with Crippen LogP contribution in [-0.4, -0.2) is 27.9 Å². The van der Waals surface area contributed by atoms with Crippen molar-refractivity contribution in [3.05, 3.63) is 82.1 Å². The van der Waals surface area contributed by atoms with Gasteiger partial charge in [0.1, 0.15) is 18.7 Å². The predicted octanol–water partition coefficient (Wildman–Crippen LogP) is 8.01. The van der Waals surface area contributed by atoms with Gasteiger partial charge in [-0.05, 0) is 98.1 Å². The van der Waals surface area contributed by atoms with Gasteiger partial charge in [-0.25, -0.2) is 9.78 Å². The molecule has 0 spiro atoms. The lowest BCUT2D eigenvalue weighted by Crippen LogP contribution is -2.50. The molecule has 0 amide bonds. The van der Waals surface area contributed by atoms with Crippen LogP contribution in [-0.2, 0) is 9.53 Å². The van der Waals surface area contributed by atoms with Crippen LogP contribution >= 0.6 is 15.9 Å². The Morgan fingerprint density at radius 2 is 1.80 bits per heavy atom. The molecule has 7 rings (SSSR count). The molecule has 5 nitrogen and oxygen atoms in total. The number of hydrogen-bond acceptors (Lipinski definition) is 4. The van der Waals surface area contributed by atoms with Crippen LogP contribution in [0.5, 0.6) is 0 Å². The second kappa shape index (κ2) is 9.54. The third kappa shape index (κ3) is 3.89. The molecular weight excluding hydrogens is 564 g/mol. The molecule has 206 valence electrons. The van der Waals surface area contributed by atoms with Crippen LogP contribution in [0, 0.1) is 28.6 Å². The SMILES string of the molecule is C[C@]12CC[C@H](OC(=O)c3ccc(Br)cc3)CC1=CC[C@@H]1[C@@H]2CC[C@]2(C)C(n3cnc4ccccc43)=C(C=O)C[C@@H]12. The summed E-state index contributed by atoms with van der Waals surface area (Å²) in [6.45, 7) is 4.85. The number of hydrogen-bond donors (Lipinski definition) is 0. The summed E-state index contributed by atoms with van der Waals surface area (Å²) >= 11 is 3.43. The minimum atomic E-state index is -0.234. The van der Waals surface area contributed by atoms with Crippen molar-refractivity contribution < 1.29 is 14.3 Å². The van der Waals surface area contributed by atoms with E-state index in [4.69, 9.17) is 4.74 Å². The number of carbonyl (C=O) groups excluding carboxylic acids is 2. The van der Waals surface area contributed by atoms with Crippen LogP contribution in [0.15, 0.2) is 76.6 Å². The van der Waals surface area contributed by atoms with Crippen LogP contribution in [0.3, 0.4) is 0 Å². The van der Waals surface area contributed by atoms with E-state index in [0.717, 1.165) is 72.3 Å². The van der Waals surface area contributed by atoms with Crippen molar-refractivity contribution in [2.75, 3.05) is 0 Å². The summed E-state index contributed by atoms with van der Waals surface area (Å²) in [5.74, 6) is 1.32.